The first kappa shape index (κ1) is 22.5. The van der Waals surface area contributed by atoms with Gasteiger partial charge in [-0.05, 0) is 48.1 Å². The number of nitrogens with zero attached hydrogens (tertiary/aromatic N) is 2. The smallest absolute Gasteiger partial charge is 0.251 e. The Morgan fingerprint density at radius 1 is 1.06 bits per heavy atom. The molecule has 2 aromatic carbocycles. The maximum absolute atomic E-state index is 12.6. The topological polar surface area (TPSA) is 62.3 Å². The first-order valence-electron chi connectivity index (χ1n) is 11.3. The predicted molar refractivity (Wildman–Crippen MR) is 130 cm³/mol. The molecule has 1 aromatic heterocycles. The summed E-state index contributed by atoms with van der Waals surface area (Å²) in [5, 5.41) is 4.07. The minimum atomic E-state index is -0.132. The summed E-state index contributed by atoms with van der Waals surface area (Å²) in [4.78, 5) is 31.7. The van der Waals surface area contributed by atoms with Gasteiger partial charge >= 0.3 is 0 Å². The van der Waals surface area contributed by atoms with Crippen LogP contribution < -0.4 is 5.32 Å². The van der Waals surface area contributed by atoms with Gasteiger partial charge in [0.05, 0.1) is 15.2 Å². The summed E-state index contributed by atoms with van der Waals surface area (Å²) in [6.45, 7) is 8.31. The van der Waals surface area contributed by atoms with Crippen LogP contribution in [0.3, 0.4) is 0 Å². The fourth-order valence-corrected chi connectivity index (χ4v) is 5.24. The van der Waals surface area contributed by atoms with E-state index < -0.39 is 0 Å². The van der Waals surface area contributed by atoms with E-state index in [1.165, 1.54) is 15.3 Å². The van der Waals surface area contributed by atoms with E-state index in [0.29, 0.717) is 24.4 Å². The van der Waals surface area contributed by atoms with Gasteiger partial charge in [-0.1, -0.05) is 45.0 Å². The predicted octanol–water partition coefficient (Wildman–Crippen LogP) is 5.12. The molecule has 5 nitrogen and oxygen atoms in total. The lowest BCUT2D eigenvalue weighted by molar-refractivity contribution is -0.132. The Hall–Kier alpha value is -2.73. The van der Waals surface area contributed by atoms with Crippen molar-refractivity contribution in [3.05, 3.63) is 64.7 Å². The number of thiazole rings is 1. The molecule has 1 fully saturated rings. The van der Waals surface area contributed by atoms with Gasteiger partial charge in [0.25, 0.3) is 5.91 Å². The number of para-hydroxylation sites is 1. The van der Waals surface area contributed by atoms with Crippen molar-refractivity contribution >= 4 is 33.4 Å². The van der Waals surface area contributed by atoms with Gasteiger partial charge in [-0.2, -0.15) is 0 Å². The highest BCUT2D eigenvalue weighted by molar-refractivity contribution is 7.18. The molecule has 3 aromatic rings. The van der Waals surface area contributed by atoms with Crippen LogP contribution in [0.4, 0.5) is 0 Å². The minimum absolute atomic E-state index is 0.0574. The van der Waals surface area contributed by atoms with Gasteiger partial charge in [-0.3, -0.25) is 9.59 Å². The van der Waals surface area contributed by atoms with Gasteiger partial charge in [0, 0.05) is 37.5 Å². The van der Waals surface area contributed by atoms with E-state index in [4.69, 9.17) is 4.98 Å². The van der Waals surface area contributed by atoms with Crippen LogP contribution >= 0.6 is 11.3 Å². The Bertz CT molecular complexity index is 1060. The molecular weight excluding hydrogens is 418 g/mol. The third-order valence-electron chi connectivity index (χ3n) is 6.14. The lowest BCUT2D eigenvalue weighted by Gasteiger charge is -2.31. The molecule has 6 heteroatoms. The van der Waals surface area contributed by atoms with Crippen molar-refractivity contribution in [2.45, 2.75) is 51.4 Å². The summed E-state index contributed by atoms with van der Waals surface area (Å²) in [6, 6.07) is 15.9. The number of likely N-dealkylation sites (tertiary alicyclic amines) is 1. The number of nitrogens with one attached hydrogen (secondary N) is 1. The maximum Gasteiger partial charge on any atom is 0.251 e. The molecular formula is C26H31N3O2S. The normalized spacial score (nSPS) is 15.2. The number of carbonyl (C=O) groups is 2. The van der Waals surface area contributed by atoms with Gasteiger partial charge in [0.2, 0.25) is 5.91 Å². The number of piperidine rings is 1. The molecule has 2 heterocycles. The zero-order valence-corrected chi connectivity index (χ0v) is 19.9. The lowest BCUT2D eigenvalue weighted by atomic mass is 9.87. The highest BCUT2D eigenvalue weighted by Gasteiger charge is 2.25. The molecule has 4 rings (SSSR count). The van der Waals surface area contributed by atoms with Crippen molar-refractivity contribution in [3.8, 4) is 0 Å². The molecule has 1 N–H and O–H groups in total. The first-order chi connectivity index (χ1) is 15.3. The van der Waals surface area contributed by atoms with Crippen molar-refractivity contribution in [2.75, 3.05) is 19.6 Å². The summed E-state index contributed by atoms with van der Waals surface area (Å²) in [5.41, 5.74) is 2.94. The zero-order valence-electron chi connectivity index (χ0n) is 19.1. The van der Waals surface area contributed by atoms with Gasteiger partial charge in [0.1, 0.15) is 0 Å². The standard InChI is InChI=1S/C26H31N3O2S/c1-26(2,3)20-10-8-18(9-11-20)24(31)27-15-12-23(30)29-16-13-19(14-17-29)25-28-21-6-4-5-7-22(21)32-25/h4-11,19H,12-17H2,1-3H3,(H,27,31). The monoisotopic (exact) mass is 449 g/mol. The number of benzene rings is 2. The molecule has 0 saturated carbocycles. The van der Waals surface area contributed by atoms with E-state index >= 15 is 0 Å². The summed E-state index contributed by atoms with van der Waals surface area (Å²) in [7, 11) is 0. The number of fused-ring (bicyclic) bond motifs is 1. The average Bonchev–Trinajstić information content (AvgIpc) is 3.23. The summed E-state index contributed by atoms with van der Waals surface area (Å²) >= 11 is 1.77. The van der Waals surface area contributed by atoms with E-state index in [1.807, 2.05) is 41.3 Å². The molecule has 32 heavy (non-hydrogen) atoms. The Morgan fingerprint density at radius 3 is 2.41 bits per heavy atom. The second-order valence-corrected chi connectivity index (χ2v) is 10.6. The van der Waals surface area contributed by atoms with Crippen LogP contribution in [0.25, 0.3) is 10.2 Å². The third-order valence-corrected chi connectivity index (χ3v) is 7.34. The fourth-order valence-electron chi connectivity index (χ4n) is 4.11. The second-order valence-electron chi connectivity index (χ2n) is 9.51. The minimum Gasteiger partial charge on any atom is -0.352 e. The summed E-state index contributed by atoms with van der Waals surface area (Å²) in [6.07, 6.45) is 2.22. The largest absolute Gasteiger partial charge is 0.352 e. The molecule has 1 aliphatic heterocycles. The Balaban J connectivity index is 1.22. The molecule has 1 saturated heterocycles. The van der Waals surface area contributed by atoms with Crippen LogP contribution in [-0.4, -0.2) is 41.3 Å². The van der Waals surface area contributed by atoms with Gasteiger partial charge in [-0.15, -0.1) is 11.3 Å². The van der Waals surface area contributed by atoms with E-state index in [2.05, 4.69) is 38.2 Å². The maximum atomic E-state index is 12.6. The molecule has 1 aliphatic rings. The highest BCUT2D eigenvalue weighted by Crippen LogP contribution is 2.33. The quantitative estimate of drug-likeness (QED) is 0.588. The zero-order chi connectivity index (χ0) is 22.7. The van der Waals surface area contributed by atoms with Crippen molar-refractivity contribution in [3.63, 3.8) is 0 Å². The van der Waals surface area contributed by atoms with E-state index in [9.17, 15) is 9.59 Å². The SMILES string of the molecule is CC(C)(C)c1ccc(C(=O)NCCC(=O)N2CCC(c3nc4ccccc4s3)CC2)cc1. The van der Waals surface area contributed by atoms with Gasteiger partial charge in [0.15, 0.2) is 0 Å². The number of amides is 2. The van der Waals surface area contributed by atoms with Crippen LogP contribution in [0.15, 0.2) is 48.5 Å². The van der Waals surface area contributed by atoms with Crippen LogP contribution in [-0.2, 0) is 10.2 Å². The Labute approximate surface area is 193 Å². The van der Waals surface area contributed by atoms with Crippen molar-refractivity contribution in [1.82, 2.24) is 15.2 Å². The number of rotatable bonds is 5. The first-order valence-corrected chi connectivity index (χ1v) is 12.1. The van der Waals surface area contributed by atoms with E-state index in [1.54, 1.807) is 11.3 Å². The molecule has 2 amide bonds. The molecule has 0 atom stereocenters. The van der Waals surface area contributed by atoms with Crippen molar-refractivity contribution in [1.29, 1.82) is 0 Å². The number of aromatic nitrogens is 1. The van der Waals surface area contributed by atoms with Crippen LogP contribution in [0.1, 0.15) is 66.9 Å². The molecule has 168 valence electrons. The lowest BCUT2D eigenvalue weighted by Crippen LogP contribution is -2.39. The van der Waals surface area contributed by atoms with Crippen molar-refractivity contribution in [2.24, 2.45) is 0 Å². The molecule has 0 radical (unpaired) electrons. The van der Waals surface area contributed by atoms with E-state index in [-0.39, 0.29) is 17.2 Å². The molecule has 0 spiro atoms. The summed E-state index contributed by atoms with van der Waals surface area (Å²) < 4.78 is 1.23. The number of hydrogen-bond donors (Lipinski definition) is 1. The van der Waals surface area contributed by atoms with Crippen LogP contribution in [0.2, 0.25) is 0 Å². The van der Waals surface area contributed by atoms with Crippen LogP contribution in [0.5, 0.6) is 0 Å². The highest BCUT2D eigenvalue weighted by atomic mass is 32.1. The fraction of sp³-hybridized carbons (Fsp3) is 0.423. The third kappa shape index (κ3) is 5.18. The van der Waals surface area contributed by atoms with Gasteiger partial charge in [-0.25, -0.2) is 4.98 Å². The molecule has 0 aliphatic carbocycles. The van der Waals surface area contributed by atoms with E-state index in [0.717, 1.165) is 31.4 Å². The number of hydrogen-bond acceptors (Lipinski definition) is 4. The second kappa shape index (κ2) is 9.41. The summed E-state index contributed by atoms with van der Waals surface area (Å²) in [5.74, 6) is 0.399. The average molecular weight is 450 g/mol. The van der Waals surface area contributed by atoms with Gasteiger partial charge < -0.3 is 10.2 Å². The molecule has 0 bridgehead atoms. The van der Waals surface area contributed by atoms with Crippen LogP contribution in [0, 0.1) is 0 Å². The molecule has 0 unspecified atom stereocenters. The Morgan fingerprint density at radius 2 is 1.75 bits per heavy atom. The number of carbonyl (C=O) groups excluding carboxylic acids is 2. The van der Waals surface area contributed by atoms with Crippen molar-refractivity contribution < 1.29 is 9.59 Å². The Kier molecular flexibility index (Phi) is 6.60.